The van der Waals surface area contributed by atoms with Gasteiger partial charge in [0.05, 0.1) is 10.5 Å². The third-order valence-electron chi connectivity index (χ3n) is 5.01. The van der Waals surface area contributed by atoms with Gasteiger partial charge in [0, 0.05) is 13.6 Å². The minimum atomic E-state index is -3.94. The van der Waals surface area contributed by atoms with E-state index in [1.54, 1.807) is 5.01 Å². The number of fused-ring (bicyclic) bond motifs is 3. The minimum absolute atomic E-state index is 0.0149. The normalized spacial score (nSPS) is 15.3. The Morgan fingerprint density at radius 3 is 2.58 bits per heavy atom. The van der Waals surface area contributed by atoms with Crippen LogP contribution in [-0.2, 0) is 16.4 Å². The number of amidine groups is 1. The first-order chi connectivity index (χ1) is 14.9. The van der Waals surface area contributed by atoms with Crippen LogP contribution in [0.2, 0.25) is 0 Å². The number of nitrogens with zero attached hydrogens (tertiary/aromatic N) is 3. The van der Waals surface area contributed by atoms with Gasteiger partial charge in [0.15, 0.2) is 10.9 Å². The summed E-state index contributed by atoms with van der Waals surface area (Å²) in [5, 5.41) is 4.31. The number of thiophene rings is 1. The van der Waals surface area contributed by atoms with Crippen LogP contribution >= 0.6 is 11.3 Å². The van der Waals surface area contributed by atoms with Gasteiger partial charge in [-0.3, -0.25) is 5.43 Å². The van der Waals surface area contributed by atoms with Gasteiger partial charge < -0.3 is 4.90 Å². The minimum Gasteiger partial charge on any atom is -0.355 e. The Balaban J connectivity index is 1.59. The molecule has 3 aromatic rings. The van der Waals surface area contributed by atoms with E-state index in [2.05, 4.69) is 11.0 Å². The smallest absolute Gasteiger partial charge is 0.226 e. The largest absolute Gasteiger partial charge is 0.355 e. The summed E-state index contributed by atoms with van der Waals surface area (Å²) < 4.78 is 39.8. The van der Waals surface area contributed by atoms with Crippen molar-refractivity contribution in [2.45, 2.75) is 11.4 Å². The second-order valence-electron chi connectivity index (χ2n) is 7.10. The van der Waals surface area contributed by atoms with Gasteiger partial charge in [-0.2, -0.15) is 0 Å². The van der Waals surface area contributed by atoms with Gasteiger partial charge >= 0.3 is 0 Å². The predicted molar refractivity (Wildman–Crippen MR) is 118 cm³/mol. The SMILES string of the molecule is CN(Cc1ccccc1)C1=NC2=C(S(=O)(=O)c3ccc(F)cc3)NNN2c2sccc21. The topological polar surface area (TPSA) is 77.0 Å². The number of nitrogens with one attached hydrogen (secondary N) is 2. The average molecular weight is 456 g/mol. The standard InChI is InChI=1S/C21H18FN5O2S2/c1-26(13-14-5-3-2-4-6-14)18-17-11-12-30-21(17)27-19(23-18)20(24-25-27)31(28,29)16-9-7-15(22)8-10-16/h2-12,24-25H,13H2,1H3. The van der Waals surface area contributed by atoms with Crippen LogP contribution in [0.4, 0.5) is 9.39 Å². The van der Waals surface area contributed by atoms with Gasteiger partial charge in [0.25, 0.3) is 0 Å². The molecule has 2 aromatic carbocycles. The first-order valence-corrected chi connectivity index (χ1v) is 11.8. The van der Waals surface area contributed by atoms with Crippen molar-refractivity contribution < 1.29 is 12.8 Å². The van der Waals surface area contributed by atoms with Gasteiger partial charge in [-0.1, -0.05) is 30.3 Å². The summed E-state index contributed by atoms with van der Waals surface area (Å²) in [6, 6.07) is 16.7. The molecule has 0 spiro atoms. The van der Waals surface area contributed by atoms with E-state index in [9.17, 15) is 12.8 Å². The van der Waals surface area contributed by atoms with Crippen LogP contribution in [0.25, 0.3) is 0 Å². The molecule has 0 fully saturated rings. The zero-order valence-electron chi connectivity index (χ0n) is 16.4. The van der Waals surface area contributed by atoms with Crippen LogP contribution in [0.1, 0.15) is 11.1 Å². The Hall–Kier alpha value is -3.21. The van der Waals surface area contributed by atoms with Crippen molar-refractivity contribution in [3.63, 3.8) is 0 Å². The van der Waals surface area contributed by atoms with Crippen molar-refractivity contribution in [3.05, 3.63) is 93.8 Å². The summed E-state index contributed by atoms with van der Waals surface area (Å²) in [6.45, 7) is 0.614. The van der Waals surface area contributed by atoms with E-state index < -0.39 is 15.7 Å². The van der Waals surface area contributed by atoms with Gasteiger partial charge in [0.1, 0.15) is 16.7 Å². The molecule has 2 aliphatic rings. The van der Waals surface area contributed by atoms with E-state index in [4.69, 9.17) is 4.99 Å². The number of hydrazine groups is 2. The van der Waals surface area contributed by atoms with Crippen LogP contribution in [0.15, 0.2) is 86.8 Å². The summed E-state index contributed by atoms with van der Waals surface area (Å²) in [4.78, 5) is 6.70. The highest BCUT2D eigenvalue weighted by molar-refractivity contribution is 7.95. The fraction of sp³-hybridized carbons (Fsp3) is 0.0952. The molecule has 1 aromatic heterocycles. The lowest BCUT2D eigenvalue weighted by Crippen LogP contribution is -2.41. The fourth-order valence-electron chi connectivity index (χ4n) is 3.51. The quantitative estimate of drug-likeness (QED) is 0.589. The highest BCUT2D eigenvalue weighted by atomic mass is 32.2. The van der Waals surface area contributed by atoms with Crippen molar-refractivity contribution in [2.24, 2.45) is 4.99 Å². The van der Waals surface area contributed by atoms with Crippen molar-refractivity contribution in [3.8, 4) is 0 Å². The van der Waals surface area contributed by atoms with Crippen LogP contribution in [0.5, 0.6) is 0 Å². The van der Waals surface area contributed by atoms with Gasteiger partial charge in [0.2, 0.25) is 9.84 Å². The monoisotopic (exact) mass is 455 g/mol. The third kappa shape index (κ3) is 3.38. The second-order valence-corrected chi connectivity index (χ2v) is 9.88. The van der Waals surface area contributed by atoms with E-state index in [1.807, 2.05) is 53.7 Å². The molecule has 158 valence electrons. The summed E-state index contributed by atoms with van der Waals surface area (Å²) in [7, 11) is -2.02. The molecule has 10 heteroatoms. The predicted octanol–water partition coefficient (Wildman–Crippen LogP) is 3.21. The molecular weight excluding hydrogens is 437 g/mol. The number of rotatable bonds is 4. The van der Waals surface area contributed by atoms with E-state index in [0.29, 0.717) is 12.4 Å². The Bertz CT molecular complexity index is 1300. The Morgan fingerprint density at radius 2 is 1.84 bits per heavy atom. The van der Waals surface area contributed by atoms with Crippen molar-refractivity contribution >= 4 is 32.0 Å². The Labute approximate surface area is 183 Å². The number of sulfone groups is 1. The molecule has 0 radical (unpaired) electrons. The lowest BCUT2D eigenvalue weighted by molar-refractivity contribution is 0.499. The molecule has 0 saturated heterocycles. The van der Waals surface area contributed by atoms with Crippen LogP contribution in [-0.4, -0.2) is 26.2 Å². The molecule has 3 heterocycles. The Morgan fingerprint density at radius 1 is 1.10 bits per heavy atom. The summed E-state index contributed by atoms with van der Waals surface area (Å²) >= 11 is 1.48. The number of benzene rings is 2. The molecule has 2 N–H and O–H groups in total. The molecule has 0 unspecified atom stereocenters. The molecule has 0 bridgehead atoms. The average Bonchev–Trinajstić information content (AvgIpc) is 3.41. The van der Waals surface area contributed by atoms with Gasteiger partial charge in [-0.15, -0.1) is 16.9 Å². The van der Waals surface area contributed by atoms with E-state index in [1.165, 1.54) is 23.5 Å². The molecule has 31 heavy (non-hydrogen) atoms. The van der Waals surface area contributed by atoms with Crippen molar-refractivity contribution in [1.82, 2.24) is 15.9 Å². The molecule has 2 aliphatic heterocycles. The van der Waals surface area contributed by atoms with Gasteiger partial charge in [-0.25, -0.2) is 22.8 Å². The van der Waals surface area contributed by atoms with Crippen LogP contribution in [0, 0.1) is 5.82 Å². The second kappa shape index (κ2) is 7.49. The molecular formula is C21H18FN5O2S2. The van der Waals surface area contributed by atoms with E-state index in [0.717, 1.165) is 28.3 Å². The highest BCUT2D eigenvalue weighted by Crippen LogP contribution is 2.38. The lowest BCUT2D eigenvalue weighted by Gasteiger charge is -2.29. The summed E-state index contributed by atoms with van der Waals surface area (Å²) in [5.74, 6) is 0.414. The maximum Gasteiger partial charge on any atom is 0.226 e. The fourth-order valence-corrected chi connectivity index (χ4v) is 5.66. The van der Waals surface area contributed by atoms with Crippen molar-refractivity contribution in [2.75, 3.05) is 12.1 Å². The maximum absolute atomic E-state index is 13.3. The summed E-state index contributed by atoms with van der Waals surface area (Å²) in [5.41, 5.74) is 7.65. The zero-order chi connectivity index (χ0) is 21.6. The number of hydrogen-bond acceptors (Lipinski definition) is 8. The first-order valence-electron chi connectivity index (χ1n) is 9.43. The summed E-state index contributed by atoms with van der Waals surface area (Å²) in [6.07, 6.45) is 0. The Kier molecular flexibility index (Phi) is 4.77. The molecule has 0 amide bonds. The number of anilines is 1. The zero-order valence-corrected chi connectivity index (χ0v) is 18.0. The molecule has 0 saturated carbocycles. The van der Waals surface area contributed by atoms with E-state index in [-0.39, 0.29) is 15.7 Å². The maximum atomic E-state index is 13.3. The van der Waals surface area contributed by atoms with Crippen LogP contribution < -0.4 is 16.0 Å². The number of aliphatic imine (C=N–C) groups is 1. The first kappa shape index (κ1) is 19.7. The lowest BCUT2D eigenvalue weighted by atomic mass is 10.2. The third-order valence-corrected chi connectivity index (χ3v) is 7.63. The highest BCUT2D eigenvalue weighted by Gasteiger charge is 2.38. The number of hydrogen-bond donors (Lipinski definition) is 2. The molecule has 0 atom stereocenters. The van der Waals surface area contributed by atoms with Gasteiger partial charge in [-0.05, 0) is 41.3 Å². The molecule has 7 nitrogen and oxygen atoms in total. The molecule has 5 rings (SSSR count). The van der Waals surface area contributed by atoms with Crippen LogP contribution in [0.3, 0.4) is 0 Å². The number of halogens is 1. The molecule has 0 aliphatic carbocycles. The van der Waals surface area contributed by atoms with E-state index >= 15 is 0 Å². The van der Waals surface area contributed by atoms with Crippen molar-refractivity contribution in [1.29, 1.82) is 0 Å².